The molecule has 1 aromatic heterocycles. The van der Waals surface area contributed by atoms with Crippen molar-refractivity contribution in [3.63, 3.8) is 0 Å². The van der Waals surface area contributed by atoms with E-state index in [1.165, 1.54) is 41.9 Å². The summed E-state index contributed by atoms with van der Waals surface area (Å²) in [6.07, 6.45) is 14.1. The second kappa shape index (κ2) is 9.74. The second-order valence-electron chi connectivity index (χ2n) is 12.7. The van der Waals surface area contributed by atoms with Gasteiger partial charge < -0.3 is 10.4 Å². The summed E-state index contributed by atoms with van der Waals surface area (Å²) in [5, 5.41) is 13.9. The van der Waals surface area contributed by atoms with E-state index in [1.54, 1.807) is 0 Å². The van der Waals surface area contributed by atoms with Crippen molar-refractivity contribution in [3.05, 3.63) is 34.6 Å². The van der Waals surface area contributed by atoms with Crippen LogP contribution in [-0.4, -0.2) is 28.3 Å². The van der Waals surface area contributed by atoms with E-state index in [0.29, 0.717) is 46.9 Å². The molecule has 4 unspecified atom stereocenters. The van der Waals surface area contributed by atoms with Gasteiger partial charge in [-0.1, -0.05) is 33.3 Å². The Hall–Kier alpha value is -1.95. The largest absolute Gasteiger partial charge is 0.508 e. The number of aliphatic hydroxyl groups excluding tert-OH is 1. The number of aliphatic hydroxyl groups is 1. The second-order valence-corrected chi connectivity index (χ2v) is 14.0. The molecule has 1 amide bonds. The van der Waals surface area contributed by atoms with Crippen molar-refractivity contribution in [1.82, 2.24) is 4.98 Å². The number of aliphatic imine (C=N–C) groups is 1. The summed E-state index contributed by atoms with van der Waals surface area (Å²) in [7, 11) is 0. The molecule has 1 heterocycles. The minimum absolute atomic E-state index is 0.0831. The van der Waals surface area contributed by atoms with E-state index in [1.807, 2.05) is 19.2 Å². The number of fused-ring (bicyclic) bond motifs is 5. The van der Waals surface area contributed by atoms with Gasteiger partial charge in [0.1, 0.15) is 5.76 Å². The molecule has 6 heteroatoms. The number of rotatable bonds is 6. The number of nitrogens with one attached hydrogen (secondary N) is 1. The van der Waals surface area contributed by atoms with Gasteiger partial charge in [-0.25, -0.2) is 4.98 Å². The summed E-state index contributed by atoms with van der Waals surface area (Å²) in [6, 6.07) is 0. The van der Waals surface area contributed by atoms with Crippen molar-refractivity contribution in [1.29, 1.82) is 0 Å². The quantitative estimate of drug-likeness (QED) is 0.417. The van der Waals surface area contributed by atoms with Gasteiger partial charge in [0.2, 0.25) is 5.91 Å². The molecule has 5 rings (SSSR count). The number of anilines is 1. The van der Waals surface area contributed by atoms with Gasteiger partial charge in [-0.2, -0.15) is 0 Å². The summed E-state index contributed by atoms with van der Waals surface area (Å²) in [6.45, 7) is 12.4. The fourth-order valence-corrected chi connectivity index (χ4v) is 8.88. The molecule has 5 nitrogen and oxygen atoms in total. The molecule has 4 aliphatic carbocycles. The molecule has 2 N–H and O–H groups in total. The molecule has 36 heavy (non-hydrogen) atoms. The maximum atomic E-state index is 12.9. The number of thiazole rings is 1. The van der Waals surface area contributed by atoms with Crippen molar-refractivity contribution in [2.45, 2.75) is 86.0 Å². The number of carbonyl (C=O) groups excluding carboxylic acids is 1. The van der Waals surface area contributed by atoms with Crippen LogP contribution in [0.2, 0.25) is 0 Å². The highest BCUT2D eigenvalue weighted by molar-refractivity contribution is 7.15. The van der Waals surface area contributed by atoms with Gasteiger partial charge in [0.25, 0.3) is 0 Å². The zero-order chi connectivity index (χ0) is 25.7. The topological polar surface area (TPSA) is 74.6 Å². The van der Waals surface area contributed by atoms with Crippen LogP contribution in [0.1, 0.15) is 83.9 Å². The average molecular weight is 510 g/mol. The Kier molecular flexibility index (Phi) is 6.95. The smallest absolute Gasteiger partial charge is 0.226 e. The highest BCUT2D eigenvalue weighted by Gasteiger charge is 2.60. The average Bonchev–Trinajstić information content (AvgIpc) is 3.36. The lowest BCUT2D eigenvalue weighted by atomic mass is 9.47. The first-order chi connectivity index (χ1) is 17.1. The van der Waals surface area contributed by atoms with E-state index in [9.17, 15) is 9.90 Å². The number of aromatic nitrogens is 1. The molecule has 3 fully saturated rings. The number of allylic oxidation sites excluding steroid dienone is 3. The molecule has 6 atom stereocenters. The Labute approximate surface area is 220 Å². The third-order valence-corrected chi connectivity index (χ3v) is 10.8. The summed E-state index contributed by atoms with van der Waals surface area (Å²) >= 11 is 1.54. The molecular weight excluding hydrogens is 466 g/mol. The predicted octanol–water partition coefficient (Wildman–Crippen LogP) is 7.51. The van der Waals surface area contributed by atoms with Crippen LogP contribution >= 0.6 is 11.3 Å². The van der Waals surface area contributed by atoms with Gasteiger partial charge in [-0.05, 0) is 99.0 Å². The van der Waals surface area contributed by atoms with E-state index in [-0.39, 0.29) is 16.7 Å². The predicted molar refractivity (Wildman–Crippen MR) is 149 cm³/mol. The summed E-state index contributed by atoms with van der Waals surface area (Å²) < 4.78 is 0. The van der Waals surface area contributed by atoms with E-state index in [4.69, 9.17) is 4.99 Å². The first-order valence-electron chi connectivity index (χ1n) is 14.0. The summed E-state index contributed by atoms with van der Waals surface area (Å²) in [5.41, 5.74) is 3.18. The Morgan fingerprint density at radius 1 is 1.31 bits per heavy atom. The van der Waals surface area contributed by atoms with Crippen molar-refractivity contribution in [2.75, 3.05) is 11.9 Å². The van der Waals surface area contributed by atoms with Crippen molar-refractivity contribution < 1.29 is 9.90 Å². The fraction of sp³-hybridized carbons (Fsp3) is 0.700. The summed E-state index contributed by atoms with van der Waals surface area (Å²) in [5.74, 6) is 3.46. The van der Waals surface area contributed by atoms with Crippen LogP contribution in [0.25, 0.3) is 0 Å². The molecule has 0 spiro atoms. The molecule has 0 bridgehead atoms. The Morgan fingerprint density at radius 3 is 2.83 bits per heavy atom. The van der Waals surface area contributed by atoms with Crippen molar-refractivity contribution in [2.24, 2.45) is 45.4 Å². The maximum Gasteiger partial charge on any atom is 0.226 e. The highest BCUT2D eigenvalue weighted by atomic mass is 32.1. The van der Waals surface area contributed by atoms with E-state index < -0.39 is 0 Å². The molecule has 0 radical (unpaired) electrons. The highest BCUT2D eigenvalue weighted by Crippen LogP contribution is 2.66. The fourth-order valence-electron chi connectivity index (χ4n) is 8.20. The SMILES string of the molecule is Cc1cnc(NC(=O)CC[C@@H]2C/C(=N\CC(C)C)[C@@]3(C)CCC4C(CCC5=CC(O)=CCC54C)C23)s1. The Morgan fingerprint density at radius 2 is 2.11 bits per heavy atom. The zero-order valence-corrected chi connectivity index (χ0v) is 23.5. The minimum Gasteiger partial charge on any atom is -0.508 e. The molecule has 3 saturated carbocycles. The Bertz CT molecular complexity index is 1100. The number of hydrogen-bond acceptors (Lipinski definition) is 5. The van der Waals surface area contributed by atoms with Gasteiger partial charge in [0.05, 0.1) is 0 Å². The van der Waals surface area contributed by atoms with Crippen LogP contribution in [0.15, 0.2) is 34.7 Å². The van der Waals surface area contributed by atoms with Crippen LogP contribution in [-0.2, 0) is 4.79 Å². The monoisotopic (exact) mass is 509 g/mol. The normalized spacial score (nSPS) is 36.7. The third kappa shape index (κ3) is 4.59. The van der Waals surface area contributed by atoms with Crippen LogP contribution in [0, 0.1) is 47.3 Å². The van der Waals surface area contributed by atoms with E-state index in [2.05, 4.69) is 44.1 Å². The minimum atomic E-state index is 0.0831. The first kappa shape index (κ1) is 25.7. The van der Waals surface area contributed by atoms with Crippen LogP contribution in [0.3, 0.4) is 0 Å². The van der Waals surface area contributed by atoms with Crippen molar-refractivity contribution in [3.8, 4) is 0 Å². The third-order valence-electron chi connectivity index (χ3n) is 9.92. The zero-order valence-electron chi connectivity index (χ0n) is 22.6. The van der Waals surface area contributed by atoms with Gasteiger partial charge in [0.15, 0.2) is 5.13 Å². The molecule has 0 aromatic carbocycles. The van der Waals surface area contributed by atoms with Gasteiger partial charge >= 0.3 is 0 Å². The molecule has 0 aliphatic heterocycles. The number of hydrogen-bond donors (Lipinski definition) is 2. The maximum absolute atomic E-state index is 12.9. The van der Waals surface area contributed by atoms with Crippen molar-refractivity contribution >= 4 is 28.1 Å². The number of aryl methyl sites for hydroxylation is 1. The molecule has 196 valence electrons. The van der Waals surface area contributed by atoms with Crippen LogP contribution in [0.4, 0.5) is 5.13 Å². The lowest BCUT2D eigenvalue weighted by Crippen LogP contribution is -2.51. The first-order valence-corrected chi connectivity index (χ1v) is 14.8. The van der Waals surface area contributed by atoms with Gasteiger partial charge in [-0.3, -0.25) is 9.79 Å². The number of carbonyl (C=O) groups is 1. The lowest BCUT2D eigenvalue weighted by molar-refractivity contribution is -0.116. The molecule has 1 aromatic rings. The number of amides is 1. The number of nitrogens with zero attached hydrogens (tertiary/aromatic N) is 2. The standard InChI is InChI=1S/C30H43N3O2S/c1-18(2)16-31-25-14-20(6-9-26(35)33-28-32-17-19(3)36-28)27-23-8-7-21-15-22(34)10-12-29(21,4)24(23)11-13-30(25,27)5/h10,15,17-18,20,23-24,27,34H,6-9,11-14,16H2,1-5H3,(H,32,33,35)/b31-25+/t20-,23?,24?,27?,29?,30-/m1/s1. The van der Waals surface area contributed by atoms with Gasteiger partial charge in [0, 0.05) is 35.2 Å². The molecule has 4 aliphatic rings. The molecule has 0 saturated heterocycles. The summed E-state index contributed by atoms with van der Waals surface area (Å²) in [4.78, 5) is 23.5. The van der Waals surface area contributed by atoms with Gasteiger partial charge in [-0.15, -0.1) is 11.3 Å². The lowest BCUT2D eigenvalue weighted by Gasteiger charge is -2.57. The van der Waals surface area contributed by atoms with Crippen LogP contribution in [0.5, 0.6) is 0 Å². The molecular formula is C30H43N3O2S. The Balaban J connectivity index is 1.39. The van der Waals surface area contributed by atoms with E-state index >= 15 is 0 Å². The van der Waals surface area contributed by atoms with Crippen LogP contribution < -0.4 is 5.32 Å². The van der Waals surface area contributed by atoms with E-state index in [0.717, 1.165) is 37.1 Å².